The van der Waals surface area contributed by atoms with Gasteiger partial charge in [0.25, 0.3) is 11.8 Å². The third-order valence-corrected chi connectivity index (χ3v) is 6.69. The standard InChI is InChI=1S/C26H27F3N2O3/c1-25(15-16-7-11-19(12-8-16)26(27,28)29)22(32)21(24(34)31-25)23(33)30-20-13-9-18(10-14-20)17-5-3-2-4-6-17/h7-14,17,32H,2-6,15H2,1H3,(H,30,33)(H,31,34). The summed E-state index contributed by atoms with van der Waals surface area (Å²) in [5, 5.41) is 16.0. The van der Waals surface area contributed by atoms with Crippen molar-refractivity contribution in [3.8, 4) is 0 Å². The maximum Gasteiger partial charge on any atom is 0.416 e. The molecule has 1 aliphatic heterocycles. The van der Waals surface area contributed by atoms with Crippen molar-refractivity contribution in [1.29, 1.82) is 0 Å². The Morgan fingerprint density at radius 2 is 1.68 bits per heavy atom. The van der Waals surface area contributed by atoms with E-state index in [1.807, 2.05) is 12.1 Å². The quantitative estimate of drug-likeness (QED) is 0.493. The van der Waals surface area contributed by atoms with Crippen LogP contribution in [0.25, 0.3) is 0 Å². The van der Waals surface area contributed by atoms with Gasteiger partial charge in [0, 0.05) is 12.1 Å². The Bertz CT molecular complexity index is 1100. The Morgan fingerprint density at radius 3 is 2.26 bits per heavy atom. The lowest BCUT2D eigenvalue weighted by Gasteiger charge is -2.25. The Balaban J connectivity index is 1.46. The molecule has 2 aromatic rings. The van der Waals surface area contributed by atoms with Crippen molar-refractivity contribution < 1.29 is 27.9 Å². The number of anilines is 1. The van der Waals surface area contributed by atoms with Crippen LogP contribution in [0.4, 0.5) is 18.9 Å². The van der Waals surface area contributed by atoms with Crippen molar-refractivity contribution in [3.63, 3.8) is 0 Å². The van der Waals surface area contributed by atoms with Gasteiger partial charge in [-0.25, -0.2) is 0 Å². The van der Waals surface area contributed by atoms with Crippen LogP contribution in [-0.4, -0.2) is 22.5 Å². The van der Waals surface area contributed by atoms with Gasteiger partial charge in [0.15, 0.2) is 0 Å². The first-order valence-corrected chi connectivity index (χ1v) is 11.4. The van der Waals surface area contributed by atoms with E-state index >= 15 is 0 Å². The second kappa shape index (κ2) is 9.16. The summed E-state index contributed by atoms with van der Waals surface area (Å²) in [4.78, 5) is 25.3. The zero-order valence-electron chi connectivity index (χ0n) is 18.8. The number of hydrogen-bond acceptors (Lipinski definition) is 3. The lowest BCUT2D eigenvalue weighted by molar-refractivity contribution is -0.137. The van der Waals surface area contributed by atoms with Gasteiger partial charge in [-0.3, -0.25) is 9.59 Å². The highest BCUT2D eigenvalue weighted by Gasteiger charge is 2.44. The van der Waals surface area contributed by atoms with Gasteiger partial charge in [0.1, 0.15) is 11.3 Å². The number of aliphatic hydroxyl groups is 1. The molecule has 2 amide bonds. The fourth-order valence-corrected chi connectivity index (χ4v) is 4.78. The minimum absolute atomic E-state index is 0.0234. The van der Waals surface area contributed by atoms with Crippen LogP contribution in [0.5, 0.6) is 0 Å². The largest absolute Gasteiger partial charge is 0.509 e. The summed E-state index contributed by atoms with van der Waals surface area (Å²) in [5.41, 5.74) is -0.287. The van der Waals surface area contributed by atoms with E-state index in [1.54, 1.807) is 12.1 Å². The Kier molecular flexibility index (Phi) is 6.43. The van der Waals surface area contributed by atoms with Crippen LogP contribution in [0.15, 0.2) is 59.9 Å². The van der Waals surface area contributed by atoms with E-state index in [0.29, 0.717) is 17.2 Å². The molecule has 1 fully saturated rings. The molecular weight excluding hydrogens is 445 g/mol. The fourth-order valence-electron chi connectivity index (χ4n) is 4.78. The van der Waals surface area contributed by atoms with E-state index in [0.717, 1.165) is 25.0 Å². The first-order valence-electron chi connectivity index (χ1n) is 11.4. The fraction of sp³-hybridized carbons (Fsp3) is 0.385. The van der Waals surface area contributed by atoms with Crippen molar-refractivity contribution in [2.45, 2.75) is 63.1 Å². The molecule has 5 nitrogen and oxygen atoms in total. The van der Waals surface area contributed by atoms with Gasteiger partial charge in [-0.05, 0) is 61.1 Å². The molecule has 8 heteroatoms. The summed E-state index contributed by atoms with van der Waals surface area (Å²) >= 11 is 0. The highest BCUT2D eigenvalue weighted by Crippen LogP contribution is 2.34. The van der Waals surface area contributed by atoms with E-state index in [4.69, 9.17) is 0 Å². The Hall–Kier alpha value is -3.29. The molecular formula is C26H27F3N2O3. The number of aliphatic hydroxyl groups excluding tert-OH is 1. The molecule has 34 heavy (non-hydrogen) atoms. The minimum Gasteiger partial charge on any atom is -0.509 e. The van der Waals surface area contributed by atoms with Gasteiger partial charge < -0.3 is 15.7 Å². The SMILES string of the molecule is CC1(Cc2ccc(C(F)(F)F)cc2)NC(=O)C(C(=O)Nc2ccc(C3CCCCC3)cc2)=C1O. The number of halogens is 3. The molecule has 0 spiro atoms. The van der Waals surface area contributed by atoms with Crippen LogP contribution < -0.4 is 10.6 Å². The summed E-state index contributed by atoms with van der Waals surface area (Å²) in [7, 11) is 0. The number of hydrogen-bond donors (Lipinski definition) is 3. The molecule has 3 N–H and O–H groups in total. The smallest absolute Gasteiger partial charge is 0.416 e. The van der Waals surface area contributed by atoms with Gasteiger partial charge >= 0.3 is 6.18 Å². The van der Waals surface area contributed by atoms with Crippen molar-refractivity contribution in [2.75, 3.05) is 5.32 Å². The highest BCUT2D eigenvalue weighted by molar-refractivity contribution is 6.24. The topological polar surface area (TPSA) is 78.4 Å². The summed E-state index contributed by atoms with van der Waals surface area (Å²) in [6.07, 6.45) is 1.59. The number of nitrogens with one attached hydrogen (secondary N) is 2. The number of benzene rings is 2. The van der Waals surface area contributed by atoms with Gasteiger partial charge in [-0.1, -0.05) is 43.5 Å². The monoisotopic (exact) mass is 472 g/mol. The maximum absolute atomic E-state index is 12.8. The molecule has 0 aromatic heterocycles. The van der Waals surface area contributed by atoms with Gasteiger partial charge in [0.2, 0.25) is 0 Å². The maximum atomic E-state index is 12.8. The third kappa shape index (κ3) is 4.95. The average Bonchev–Trinajstić information content (AvgIpc) is 3.02. The lowest BCUT2D eigenvalue weighted by Crippen LogP contribution is -2.43. The number of carbonyl (C=O) groups is 2. The predicted octanol–water partition coefficient (Wildman–Crippen LogP) is 5.63. The lowest BCUT2D eigenvalue weighted by atomic mass is 9.84. The zero-order valence-corrected chi connectivity index (χ0v) is 18.8. The van der Waals surface area contributed by atoms with Crippen LogP contribution in [-0.2, 0) is 22.2 Å². The second-order valence-corrected chi connectivity index (χ2v) is 9.29. The van der Waals surface area contributed by atoms with E-state index in [2.05, 4.69) is 10.6 Å². The zero-order chi connectivity index (χ0) is 24.5. The number of alkyl halides is 3. The Morgan fingerprint density at radius 1 is 1.06 bits per heavy atom. The van der Waals surface area contributed by atoms with Crippen LogP contribution in [0.1, 0.15) is 61.6 Å². The van der Waals surface area contributed by atoms with Gasteiger partial charge in [-0.2, -0.15) is 13.2 Å². The molecule has 1 unspecified atom stereocenters. The normalized spacial score (nSPS) is 21.5. The molecule has 180 valence electrons. The molecule has 0 radical (unpaired) electrons. The Labute approximate surface area is 196 Å². The minimum atomic E-state index is -4.45. The first-order chi connectivity index (χ1) is 16.1. The molecule has 1 atom stereocenters. The molecule has 0 saturated heterocycles. The molecule has 1 aliphatic carbocycles. The molecule has 1 heterocycles. The van der Waals surface area contributed by atoms with E-state index in [-0.39, 0.29) is 6.42 Å². The van der Waals surface area contributed by atoms with Crippen LogP contribution in [0, 0.1) is 0 Å². The first kappa shape index (κ1) is 23.9. The van der Waals surface area contributed by atoms with Gasteiger partial charge in [0.05, 0.1) is 11.1 Å². The van der Waals surface area contributed by atoms with Crippen LogP contribution >= 0.6 is 0 Å². The van der Waals surface area contributed by atoms with Gasteiger partial charge in [-0.15, -0.1) is 0 Å². The summed E-state index contributed by atoms with van der Waals surface area (Å²) in [6, 6.07) is 12.0. The number of amides is 2. The highest BCUT2D eigenvalue weighted by atomic mass is 19.4. The van der Waals surface area contributed by atoms with E-state index in [1.165, 1.54) is 43.9 Å². The third-order valence-electron chi connectivity index (χ3n) is 6.69. The van der Waals surface area contributed by atoms with E-state index < -0.39 is 40.4 Å². The number of carbonyl (C=O) groups excluding carboxylic acids is 2. The number of rotatable bonds is 5. The van der Waals surface area contributed by atoms with E-state index in [9.17, 15) is 27.9 Å². The average molecular weight is 473 g/mol. The van der Waals surface area contributed by atoms with Crippen LogP contribution in [0.3, 0.4) is 0 Å². The summed E-state index contributed by atoms with van der Waals surface area (Å²) < 4.78 is 38.4. The molecule has 0 bridgehead atoms. The molecule has 2 aromatic carbocycles. The summed E-state index contributed by atoms with van der Waals surface area (Å²) in [5.74, 6) is -1.38. The van der Waals surface area contributed by atoms with Crippen molar-refractivity contribution >= 4 is 17.5 Å². The summed E-state index contributed by atoms with van der Waals surface area (Å²) in [6.45, 7) is 1.52. The van der Waals surface area contributed by atoms with Crippen molar-refractivity contribution in [2.24, 2.45) is 0 Å². The second-order valence-electron chi connectivity index (χ2n) is 9.29. The predicted molar refractivity (Wildman–Crippen MR) is 122 cm³/mol. The molecule has 4 rings (SSSR count). The molecule has 1 saturated carbocycles. The van der Waals surface area contributed by atoms with Crippen molar-refractivity contribution in [1.82, 2.24) is 5.32 Å². The molecule has 2 aliphatic rings. The van der Waals surface area contributed by atoms with Crippen molar-refractivity contribution in [3.05, 3.63) is 76.6 Å². The van der Waals surface area contributed by atoms with Crippen LogP contribution in [0.2, 0.25) is 0 Å².